The first kappa shape index (κ1) is 13.6. The molecule has 0 saturated carbocycles. The van der Waals surface area contributed by atoms with E-state index in [1.54, 1.807) is 0 Å². The van der Waals surface area contributed by atoms with Gasteiger partial charge in [-0.15, -0.1) is 0 Å². The minimum Gasteiger partial charge on any atom is -0.477 e. The Morgan fingerprint density at radius 2 is 1.95 bits per heavy atom. The molecule has 1 aromatic heterocycles. The summed E-state index contributed by atoms with van der Waals surface area (Å²) in [5.74, 6) is -1.11. The maximum Gasteiger partial charge on any atom is 0.342 e. The van der Waals surface area contributed by atoms with E-state index in [0.717, 1.165) is 17.6 Å². The summed E-state index contributed by atoms with van der Waals surface area (Å²) in [6.07, 6.45) is 1.03. The lowest BCUT2D eigenvalue weighted by Crippen LogP contribution is -2.19. The highest BCUT2D eigenvalue weighted by Gasteiger charge is 2.09. The molecule has 0 saturated heterocycles. The highest BCUT2D eigenvalue weighted by Crippen LogP contribution is 2.17. The minimum absolute atomic E-state index is 0.192. The number of carboxylic acid groups (broad SMARTS) is 1. The van der Waals surface area contributed by atoms with Gasteiger partial charge < -0.3 is 15.3 Å². The Labute approximate surface area is 114 Å². The van der Waals surface area contributed by atoms with Gasteiger partial charge in [-0.1, -0.05) is 0 Å². The molecule has 0 unspecified atom stereocenters. The van der Waals surface area contributed by atoms with Gasteiger partial charge in [0.25, 0.3) is 5.56 Å². The van der Waals surface area contributed by atoms with Crippen molar-refractivity contribution in [2.45, 2.75) is 0 Å². The number of carboxylic acids is 1. The van der Waals surface area contributed by atoms with Gasteiger partial charge in [0.15, 0.2) is 0 Å². The second kappa shape index (κ2) is 5.43. The number of anilines is 3. The monoisotopic (exact) mass is 274 g/mol. The standard InChI is InChI=1S/C13H14N4O3/c1-17(2)9-5-3-8(4-6-9)15-13-14-7-10(12(19)20)11(18)16-13/h3-7H,1-2H3,(H,19,20)(H2,14,15,16,18). The quantitative estimate of drug-likeness (QED) is 0.776. The molecular formula is C13H14N4O3. The zero-order valence-electron chi connectivity index (χ0n) is 11.0. The van der Waals surface area contributed by atoms with Crippen LogP contribution >= 0.6 is 0 Å². The Balaban J connectivity index is 2.20. The molecule has 0 aliphatic carbocycles. The third kappa shape index (κ3) is 2.94. The number of aromatic carboxylic acids is 1. The third-order valence-corrected chi connectivity index (χ3v) is 2.68. The molecule has 0 spiro atoms. The predicted octanol–water partition coefficient (Wildman–Crippen LogP) is 1.28. The normalized spacial score (nSPS) is 10.1. The Morgan fingerprint density at radius 1 is 1.30 bits per heavy atom. The lowest BCUT2D eigenvalue weighted by Gasteiger charge is -2.13. The number of nitrogens with one attached hydrogen (secondary N) is 2. The van der Waals surface area contributed by atoms with Crippen molar-refractivity contribution >= 4 is 23.3 Å². The van der Waals surface area contributed by atoms with Crippen LogP contribution in [0.15, 0.2) is 35.3 Å². The largest absolute Gasteiger partial charge is 0.477 e. The summed E-state index contributed by atoms with van der Waals surface area (Å²) in [5.41, 5.74) is 0.693. The topological polar surface area (TPSA) is 98.3 Å². The zero-order valence-corrected chi connectivity index (χ0v) is 11.0. The van der Waals surface area contributed by atoms with Gasteiger partial charge in [-0.25, -0.2) is 9.78 Å². The third-order valence-electron chi connectivity index (χ3n) is 2.68. The van der Waals surface area contributed by atoms with Gasteiger partial charge in [-0.3, -0.25) is 9.78 Å². The second-order valence-corrected chi connectivity index (χ2v) is 4.35. The Kier molecular flexibility index (Phi) is 3.69. The lowest BCUT2D eigenvalue weighted by atomic mass is 10.2. The van der Waals surface area contributed by atoms with Crippen molar-refractivity contribution in [1.29, 1.82) is 0 Å². The fraction of sp³-hybridized carbons (Fsp3) is 0.154. The van der Waals surface area contributed by atoms with Gasteiger partial charge in [-0.2, -0.15) is 0 Å². The van der Waals surface area contributed by atoms with E-state index in [1.165, 1.54) is 0 Å². The first-order valence-corrected chi connectivity index (χ1v) is 5.84. The van der Waals surface area contributed by atoms with Crippen LogP contribution in [0, 0.1) is 0 Å². The fourth-order valence-electron chi connectivity index (χ4n) is 1.59. The van der Waals surface area contributed by atoms with Crippen LogP contribution in [-0.4, -0.2) is 35.1 Å². The van der Waals surface area contributed by atoms with Gasteiger partial charge in [0, 0.05) is 25.5 Å². The van der Waals surface area contributed by atoms with Crippen molar-refractivity contribution in [3.8, 4) is 0 Å². The smallest absolute Gasteiger partial charge is 0.342 e. The van der Waals surface area contributed by atoms with Gasteiger partial charge in [0.2, 0.25) is 5.95 Å². The van der Waals surface area contributed by atoms with Crippen molar-refractivity contribution in [3.05, 3.63) is 46.4 Å². The molecule has 0 amide bonds. The van der Waals surface area contributed by atoms with Gasteiger partial charge in [-0.05, 0) is 24.3 Å². The Bertz CT molecular complexity index is 677. The number of carbonyl (C=O) groups is 1. The van der Waals surface area contributed by atoms with Gasteiger partial charge in [0.05, 0.1) is 6.20 Å². The average molecular weight is 274 g/mol. The highest BCUT2D eigenvalue weighted by atomic mass is 16.4. The van der Waals surface area contributed by atoms with E-state index in [0.29, 0.717) is 0 Å². The Morgan fingerprint density at radius 3 is 2.45 bits per heavy atom. The van der Waals surface area contributed by atoms with Crippen LogP contribution in [0.3, 0.4) is 0 Å². The van der Waals surface area contributed by atoms with E-state index in [9.17, 15) is 9.59 Å². The lowest BCUT2D eigenvalue weighted by molar-refractivity contribution is 0.0694. The summed E-state index contributed by atoms with van der Waals surface area (Å²) in [7, 11) is 3.87. The van der Waals surface area contributed by atoms with E-state index in [-0.39, 0.29) is 5.95 Å². The molecule has 20 heavy (non-hydrogen) atoms. The van der Waals surface area contributed by atoms with Crippen molar-refractivity contribution in [2.75, 3.05) is 24.3 Å². The summed E-state index contributed by atoms with van der Waals surface area (Å²) in [6, 6.07) is 7.49. The van der Waals surface area contributed by atoms with Crippen molar-refractivity contribution in [3.63, 3.8) is 0 Å². The maximum absolute atomic E-state index is 11.5. The number of hydrogen-bond acceptors (Lipinski definition) is 5. The summed E-state index contributed by atoms with van der Waals surface area (Å²) in [5, 5.41) is 11.6. The number of rotatable bonds is 4. The molecule has 0 bridgehead atoms. The van der Waals surface area contributed by atoms with Crippen LogP contribution in [0.2, 0.25) is 0 Å². The van der Waals surface area contributed by atoms with Crippen LogP contribution in [-0.2, 0) is 0 Å². The number of aromatic amines is 1. The Hall–Kier alpha value is -2.83. The van der Waals surface area contributed by atoms with Crippen LogP contribution in [0.4, 0.5) is 17.3 Å². The summed E-state index contributed by atoms with van der Waals surface area (Å²) < 4.78 is 0. The average Bonchev–Trinajstić information content (AvgIpc) is 2.39. The first-order valence-electron chi connectivity index (χ1n) is 5.84. The first-order chi connectivity index (χ1) is 9.47. The van der Waals surface area contributed by atoms with Crippen LogP contribution < -0.4 is 15.8 Å². The van der Waals surface area contributed by atoms with Gasteiger partial charge in [0.1, 0.15) is 5.56 Å². The molecule has 2 rings (SSSR count). The molecule has 0 aliphatic heterocycles. The molecular weight excluding hydrogens is 260 g/mol. The number of aromatic nitrogens is 2. The van der Waals surface area contributed by atoms with E-state index >= 15 is 0 Å². The van der Waals surface area contributed by atoms with Gasteiger partial charge >= 0.3 is 5.97 Å². The van der Waals surface area contributed by atoms with E-state index in [1.807, 2.05) is 43.3 Å². The molecule has 0 radical (unpaired) electrons. The second-order valence-electron chi connectivity index (χ2n) is 4.35. The molecule has 3 N–H and O–H groups in total. The van der Waals surface area contributed by atoms with Crippen LogP contribution in [0.5, 0.6) is 0 Å². The number of H-pyrrole nitrogens is 1. The molecule has 1 heterocycles. The predicted molar refractivity (Wildman–Crippen MR) is 75.9 cm³/mol. The molecule has 7 nitrogen and oxygen atoms in total. The summed E-state index contributed by atoms with van der Waals surface area (Å²) in [6.45, 7) is 0. The zero-order chi connectivity index (χ0) is 14.7. The maximum atomic E-state index is 11.5. The molecule has 0 atom stereocenters. The van der Waals surface area contributed by atoms with E-state index in [4.69, 9.17) is 5.11 Å². The molecule has 0 fully saturated rings. The molecule has 1 aromatic carbocycles. The minimum atomic E-state index is -1.30. The van der Waals surface area contributed by atoms with Crippen LogP contribution in [0.1, 0.15) is 10.4 Å². The van der Waals surface area contributed by atoms with E-state index < -0.39 is 17.1 Å². The van der Waals surface area contributed by atoms with Crippen molar-refractivity contribution in [1.82, 2.24) is 9.97 Å². The number of hydrogen-bond donors (Lipinski definition) is 3. The van der Waals surface area contributed by atoms with Crippen molar-refractivity contribution < 1.29 is 9.90 Å². The molecule has 7 heteroatoms. The summed E-state index contributed by atoms with van der Waals surface area (Å²) in [4.78, 5) is 30.4. The highest BCUT2D eigenvalue weighted by molar-refractivity contribution is 5.86. The fourth-order valence-corrected chi connectivity index (χ4v) is 1.59. The molecule has 104 valence electrons. The summed E-state index contributed by atoms with van der Waals surface area (Å²) >= 11 is 0. The van der Waals surface area contributed by atoms with Crippen molar-refractivity contribution in [2.24, 2.45) is 0 Å². The number of benzene rings is 1. The van der Waals surface area contributed by atoms with E-state index in [2.05, 4.69) is 15.3 Å². The molecule has 2 aromatic rings. The molecule has 0 aliphatic rings. The SMILES string of the molecule is CN(C)c1ccc(Nc2ncc(C(=O)O)c(=O)[nH]2)cc1. The van der Waals surface area contributed by atoms with Crippen LogP contribution in [0.25, 0.3) is 0 Å². The number of nitrogens with zero attached hydrogens (tertiary/aromatic N) is 2.